The number of hydrogen-bond acceptors (Lipinski definition) is 4. The molecule has 1 aromatic heterocycles. The monoisotopic (exact) mass is 384 g/mol. The quantitative estimate of drug-likeness (QED) is 0.718. The Bertz CT molecular complexity index is 761. The molecule has 0 radical (unpaired) electrons. The third-order valence-electron chi connectivity index (χ3n) is 3.53. The van der Waals surface area contributed by atoms with Crippen LogP contribution in [0.25, 0.3) is 11.3 Å². The SMILES string of the molecule is CCCC(NC(=O)CCc1ncc(-c2ccc(Cl)cc2Cl)o1)C(=O)O. The number of aliphatic carboxylic acids is 1. The summed E-state index contributed by atoms with van der Waals surface area (Å²) in [4.78, 5) is 27.1. The number of amides is 1. The van der Waals surface area contributed by atoms with Crippen LogP contribution in [-0.4, -0.2) is 28.0 Å². The second-order valence-corrected chi connectivity index (χ2v) is 6.33. The van der Waals surface area contributed by atoms with Crippen LogP contribution in [0.3, 0.4) is 0 Å². The van der Waals surface area contributed by atoms with E-state index in [4.69, 9.17) is 32.7 Å². The van der Waals surface area contributed by atoms with Crippen molar-refractivity contribution in [2.24, 2.45) is 0 Å². The number of aryl methyl sites for hydroxylation is 1. The highest BCUT2D eigenvalue weighted by molar-refractivity contribution is 6.36. The molecule has 1 heterocycles. The van der Waals surface area contributed by atoms with E-state index in [9.17, 15) is 9.59 Å². The number of nitrogens with one attached hydrogen (secondary N) is 1. The molecule has 0 saturated heterocycles. The summed E-state index contributed by atoms with van der Waals surface area (Å²) in [6.07, 6.45) is 2.93. The highest BCUT2D eigenvalue weighted by Crippen LogP contribution is 2.30. The molecule has 6 nitrogen and oxygen atoms in total. The molecule has 0 saturated carbocycles. The molecule has 0 bridgehead atoms. The van der Waals surface area contributed by atoms with Gasteiger partial charge in [0.25, 0.3) is 0 Å². The Hall–Kier alpha value is -2.05. The molecule has 8 heteroatoms. The van der Waals surface area contributed by atoms with Crippen molar-refractivity contribution in [3.63, 3.8) is 0 Å². The maximum atomic E-state index is 11.9. The molecule has 1 atom stereocenters. The smallest absolute Gasteiger partial charge is 0.326 e. The number of rotatable bonds is 8. The first-order valence-electron chi connectivity index (χ1n) is 7.83. The third-order valence-corrected chi connectivity index (χ3v) is 4.07. The van der Waals surface area contributed by atoms with E-state index in [1.54, 1.807) is 18.2 Å². The highest BCUT2D eigenvalue weighted by Gasteiger charge is 2.19. The van der Waals surface area contributed by atoms with Crippen LogP contribution >= 0.6 is 23.2 Å². The molecule has 1 amide bonds. The summed E-state index contributed by atoms with van der Waals surface area (Å²) >= 11 is 12.0. The number of benzene rings is 1. The molecule has 0 aliphatic heterocycles. The van der Waals surface area contributed by atoms with E-state index >= 15 is 0 Å². The number of carbonyl (C=O) groups is 2. The maximum absolute atomic E-state index is 11.9. The zero-order valence-electron chi connectivity index (χ0n) is 13.6. The van der Waals surface area contributed by atoms with Gasteiger partial charge >= 0.3 is 5.97 Å². The lowest BCUT2D eigenvalue weighted by atomic mass is 10.1. The standard InChI is InChI=1S/C17H18Cl2N2O4/c1-2-3-13(17(23)24)21-15(22)6-7-16-20-9-14(25-16)11-5-4-10(18)8-12(11)19/h4-5,8-9,13H,2-3,6-7H2,1H3,(H,21,22)(H,23,24). The van der Waals surface area contributed by atoms with Crippen molar-refractivity contribution in [3.8, 4) is 11.3 Å². The van der Waals surface area contributed by atoms with Crippen molar-refractivity contribution in [3.05, 3.63) is 40.3 Å². The number of nitrogens with zero attached hydrogens (tertiary/aromatic N) is 1. The highest BCUT2D eigenvalue weighted by atomic mass is 35.5. The molecular formula is C17H18Cl2N2O4. The van der Waals surface area contributed by atoms with Gasteiger partial charge in [-0.25, -0.2) is 9.78 Å². The molecule has 0 aliphatic carbocycles. The first kappa shape index (κ1) is 19.3. The van der Waals surface area contributed by atoms with Crippen molar-refractivity contribution < 1.29 is 19.1 Å². The molecule has 2 N–H and O–H groups in total. The van der Waals surface area contributed by atoms with E-state index in [0.29, 0.717) is 40.1 Å². The first-order chi connectivity index (χ1) is 11.9. The second kappa shape index (κ2) is 8.87. The van der Waals surface area contributed by atoms with Crippen LogP contribution in [0.5, 0.6) is 0 Å². The molecule has 0 spiro atoms. The van der Waals surface area contributed by atoms with Crippen molar-refractivity contribution in [1.29, 1.82) is 0 Å². The summed E-state index contributed by atoms with van der Waals surface area (Å²) in [7, 11) is 0. The fraction of sp³-hybridized carbons (Fsp3) is 0.353. The Morgan fingerprint density at radius 3 is 2.76 bits per heavy atom. The Morgan fingerprint density at radius 2 is 2.12 bits per heavy atom. The van der Waals surface area contributed by atoms with Crippen LogP contribution < -0.4 is 5.32 Å². The van der Waals surface area contributed by atoms with Gasteiger partial charge in [0.05, 0.1) is 11.2 Å². The molecule has 1 unspecified atom stereocenters. The summed E-state index contributed by atoms with van der Waals surface area (Å²) < 4.78 is 5.61. The van der Waals surface area contributed by atoms with Crippen LogP contribution in [0.2, 0.25) is 10.0 Å². The fourth-order valence-corrected chi connectivity index (χ4v) is 2.77. The molecule has 0 fully saturated rings. The van der Waals surface area contributed by atoms with Gasteiger partial charge < -0.3 is 14.8 Å². The lowest BCUT2D eigenvalue weighted by Gasteiger charge is -2.12. The average molecular weight is 385 g/mol. The predicted molar refractivity (Wildman–Crippen MR) is 94.8 cm³/mol. The Morgan fingerprint density at radius 1 is 1.36 bits per heavy atom. The van der Waals surface area contributed by atoms with Crippen LogP contribution in [-0.2, 0) is 16.0 Å². The number of carboxylic acids is 1. The third kappa shape index (κ3) is 5.47. The Kier molecular flexibility index (Phi) is 6.84. The molecular weight excluding hydrogens is 367 g/mol. The summed E-state index contributed by atoms with van der Waals surface area (Å²) in [5, 5.41) is 12.5. The van der Waals surface area contributed by atoms with Gasteiger partial charge in [0, 0.05) is 23.4 Å². The zero-order chi connectivity index (χ0) is 18.4. The number of carboxylic acid groups (broad SMARTS) is 1. The van der Waals surface area contributed by atoms with Crippen LogP contribution in [0.1, 0.15) is 32.1 Å². The van der Waals surface area contributed by atoms with Crippen molar-refractivity contribution in [2.75, 3.05) is 0 Å². The summed E-state index contributed by atoms with van der Waals surface area (Å²) in [5.74, 6) is -0.541. The van der Waals surface area contributed by atoms with Gasteiger partial charge in [-0.3, -0.25) is 4.79 Å². The molecule has 25 heavy (non-hydrogen) atoms. The van der Waals surface area contributed by atoms with E-state index in [-0.39, 0.29) is 18.7 Å². The lowest BCUT2D eigenvalue weighted by molar-refractivity contribution is -0.142. The van der Waals surface area contributed by atoms with Crippen molar-refractivity contribution in [1.82, 2.24) is 10.3 Å². The molecule has 0 aliphatic rings. The van der Waals surface area contributed by atoms with Crippen LogP contribution in [0, 0.1) is 0 Å². The van der Waals surface area contributed by atoms with E-state index in [0.717, 1.165) is 0 Å². The van der Waals surface area contributed by atoms with Crippen molar-refractivity contribution >= 4 is 35.1 Å². The zero-order valence-corrected chi connectivity index (χ0v) is 15.1. The Labute approximate surface area is 155 Å². The van der Waals surface area contributed by atoms with Crippen LogP contribution in [0.15, 0.2) is 28.8 Å². The summed E-state index contributed by atoms with van der Waals surface area (Å²) in [6.45, 7) is 1.86. The molecule has 1 aromatic carbocycles. The summed E-state index contributed by atoms with van der Waals surface area (Å²) in [6, 6.07) is 4.15. The number of hydrogen-bond donors (Lipinski definition) is 2. The van der Waals surface area contributed by atoms with E-state index in [2.05, 4.69) is 10.3 Å². The molecule has 2 aromatic rings. The summed E-state index contributed by atoms with van der Waals surface area (Å²) in [5.41, 5.74) is 0.656. The van der Waals surface area contributed by atoms with Gasteiger partial charge in [0.15, 0.2) is 11.7 Å². The average Bonchev–Trinajstić information content (AvgIpc) is 3.01. The van der Waals surface area contributed by atoms with Gasteiger partial charge in [-0.05, 0) is 24.6 Å². The number of carbonyl (C=O) groups excluding carboxylic acids is 1. The topological polar surface area (TPSA) is 92.4 Å². The minimum Gasteiger partial charge on any atom is -0.480 e. The van der Waals surface area contributed by atoms with E-state index in [1.165, 1.54) is 6.20 Å². The first-order valence-corrected chi connectivity index (χ1v) is 8.58. The predicted octanol–water partition coefficient (Wildman–Crippen LogP) is 3.95. The lowest BCUT2D eigenvalue weighted by Crippen LogP contribution is -2.40. The van der Waals surface area contributed by atoms with E-state index < -0.39 is 12.0 Å². The Balaban J connectivity index is 1.95. The second-order valence-electron chi connectivity index (χ2n) is 5.49. The number of aromatic nitrogens is 1. The number of oxazole rings is 1. The molecule has 2 rings (SSSR count). The largest absolute Gasteiger partial charge is 0.480 e. The van der Waals surface area contributed by atoms with Crippen molar-refractivity contribution in [2.45, 2.75) is 38.6 Å². The van der Waals surface area contributed by atoms with Gasteiger partial charge in [-0.15, -0.1) is 0 Å². The molecule has 134 valence electrons. The maximum Gasteiger partial charge on any atom is 0.326 e. The van der Waals surface area contributed by atoms with Gasteiger partial charge in [0.1, 0.15) is 6.04 Å². The fourth-order valence-electron chi connectivity index (χ4n) is 2.27. The van der Waals surface area contributed by atoms with Gasteiger partial charge in [-0.2, -0.15) is 0 Å². The minimum atomic E-state index is -1.04. The van der Waals surface area contributed by atoms with E-state index in [1.807, 2.05) is 6.92 Å². The minimum absolute atomic E-state index is 0.0851. The normalized spacial score (nSPS) is 12.0. The van der Waals surface area contributed by atoms with Crippen LogP contribution in [0.4, 0.5) is 0 Å². The number of halogens is 2. The van der Waals surface area contributed by atoms with Gasteiger partial charge in [-0.1, -0.05) is 36.5 Å². The van der Waals surface area contributed by atoms with Gasteiger partial charge in [0.2, 0.25) is 5.91 Å².